The van der Waals surface area contributed by atoms with E-state index in [4.69, 9.17) is 0 Å². The Balaban J connectivity index is 2.00. The number of carbonyl (C=O) groups is 2. The predicted octanol–water partition coefficient (Wildman–Crippen LogP) is 1.76. The fraction of sp³-hybridized carbons (Fsp3) is 0.375. The SMILES string of the molecule is CC(C)C1C(=O)NCCN1C(=O)c1cccc2cc[nH]c12. The second-order valence-corrected chi connectivity index (χ2v) is 5.73. The molecule has 2 heterocycles. The highest BCUT2D eigenvalue weighted by molar-refractivity contribution is 6.07. The van der Waals surface area contributed by atoms with Crippen LogP contribution in [-0.4, -0.2) is 40.8 Å². The van der Waals surface area contributed by atoms with Gasteiger partial charge in [-0.1, -0.05) is 26.0 Å². The zero-order valence-electron chi connectivity index (χ0n) is 12.2. The molecule has 3 rings (SSSR count). The summed E-state index contributed by atoms with van der Waals surface area (Å²) in [5, 5.41) is 3.84. The maximum atomic E-state index is 12.9. The van der Waals surface area contributed by atoms with Crippen LogP contribution in [0.25, 0.3) is 10.9 Å². The van der Waals surface area contributed by atoms with Gasteiger partial charge in [0.2, 0.25) is 5.91 Å². The third-order valence-corrected chi connectivity index (χ3v) is 3.97. The van der Waals surface area contributed by atoms with E-state index in [1.54, 1.807) is 4.90 Å². The van der Waals surface area contributed by atoms with Crippen molar-refractivity contribution in [2.75, 3.05) is 13.1 Å². The minimum Gasteiger partial charge on any atom is -0.361 e. The molecular formula is C16H19N3O2. The molecule has 0 saturated carbocycles. The molecule has 2 N–H and O–H groups in total. The Morgan fingerprint density at radius 3 is 2.90 bits per heavy atom. The monoisotopic (exact) mass is 285 g/mol. The van der Waals surface area contributed by atoms with Gasteiger partial charge in [0.15, 0.2) is 0 Å². The number of H-pyrrole nitrogens is 1. The number of fused-ring (bicyclic) bond motifs is 1. The first-order valence-corrected chi connectivity index (χ1v) is 7.24. The molecule has 2 aromatic rings. The van der Waals surface area contributed by atoms with Crippen molar-refractivity contribution >= 4 is 22.7 Å². The van der Waals surface area contributed by atoms with Crippen LogP contribution in [-0.2, 0) is 4.79 Å². The van der Waals surface area contributed by atoms with Crippen LogP contribution < -0.4 is 5.32 Å². The number of rotatable bonds is 2. The minimum absolute atomic E-state index is 0.0664. The molecule has 1 fully saturated rings. The van der Waals surface area contributed by atoms with Crippen LogP contribution in [0.5, 0.6) is 0 Å². The second-order valence-electron chi connectivity index (χ2n) is 5.73. The van der Waals surface area contributed by atoms with E-state index in [0.717, 1.165) is 10.9 Å². The zero-order chi connectivity index (χ0) is 15.0. The first-order chi connectivity index (χ1) is 10.1. The quantitative estimate of drug-likeness (QED) is 0.883. The third kappa shape index (κ3) is 2.28. The summed E-state index contributed by atoms with van der Waals surface area (Å²) in [6, 6.07) is 7.18. The largest absolute Gasteiger partial charge is 0.361 e. The molecule has 1 unspecified atom stereocenters. The van der Waals surface area contributed by atoms with E-state index in [-0.39, 0.29) is 17.7 Å². The lowest BCUT2D eigenvalue weighted by atomic mass is 9.98. The maximum Gasteiger partial charge on any atom is 0.256 e. The number of para-hydroxylation sites is 1. The average molecular weight is 285 g/mol. The summed E-state index contributed by atoms with van der Waals surface area (Å²) in [7, 11) is 0. The summed E-state index contributed by atoms with van der Waals surface area (Å²) in [6.07, 6.45) is 1.82. The second kappa shape index (κ2) is 5.24. The molecule has 2 amide bonds. The van der Waals surface area contributed by atoms with Gasteiger partial charge in [-0.15, -0.1) is 0 Å². The number of aromatic amines is 1. The summed E-state index contributed by atoms with van der Waals surface area (Å²) in [4.78, 5) is 29.8. The Hall–Kier alpha value is -2.30. The first kappa shape index (κ1) is 13.7. The Bertz CT molecular complexity index is 690. The molecule has 5 heteroatoms. The molecular weight excluding hydrogens is 266 g/mol. The Morgan fingerprint density at radius 1 is 1.33 bits per heavy atom. The van der Waals surface area contributed by atoms with Crippen molar-refractivity contribution in [2.24, 2.45) is 5.92 Å². The van der Waals surface area contributed by atoms with Crippen molar-refractivity contribution < 1.29 is 9.59 Å². The number of piperazine rings is 1. The zero-order valence-corrected chi connectivity index (χ0v) is 12.2. The predicted molar refractivity (Wildman–Crippen MR) is 81.0 cm³/mol. The smallest absolute Gasteiger partial charge is 0.256 e. The Labute approximate surface area is 123 Å². The number of benzene rings is 1. The summed E-state index contributed by atoms with van der Waals surface area (Å²) in [5.41, 5.74) is 1.45. The number of aromatic nitrogens is 1. The van der Waals surface area contributed by atoms with E-state index < -0.39 is 6.04 Å². The normalized spacial score (nSPS) is 19.1. The lowest BCUT2D eigenvalue weighted by molar-refractivity contribution is -0.129. The van der Waals surface area contributed by atoms with Crippen molar-refractivity contribution in [3.8, 4) is 0 Å². The van der Waals surface area contributed by atoms with Crippen molar-refractivity contribution in [1.82, 2.24) is 15.2 Å². The van der Waals surface area contributed by atoms with Gasteiger partial charge in [-0.25, -0.2) is 0 Å². The van der Waals surface area contributed by atoms with Crippen LogP contribution in [0.4, 0.5) is 0 Å². The standard InChI is InChI=1S/C16H19N3O2/c1-10(2)14-15(20)18-8-9-19(14)16(21)12-5-3-4-11-6-7-17-13(11)12/h3-7,10,14,17H,8-9H2,1-2H3,(H,18,20). The molecule has 1 atom stereocenters. The summed E-state index contributed by atoms with van der Waals surface area (Å²) < 4.78 is 0. The van der Waals surface area contributed by atoms with Crippen LogP contribution in [0.3, 0.4) is 0 Å². The van der Waals surface area contributed by atoms with Crippen molar-refractivity contribution in [2.45, 2.75) is 19.9 Å². The molecule has 1 aromatic heterocycles. The van der Waals surface area contributed by atoms with E-state index in [1.807, 2.05) is 44.3 Å². The molecule has 1 aromatic carbocycles. The highest BCUT2D eigenvalue weighted by atomic mass is 16.2. The number of carbonyl (C=O) groups excluding carboxylic acids is 2. The van der Waals surface area contributed by atoms with Gasteiger partial charge < -0.3 is 15.2 Å². The van der Waals surface area contributed by atoms with E-state index >= 15 is 0 Å². The summed E-state index contributed by atoms with van der Waals surface area (Å²) in [5.74, 6) is -0.0723. The summed E-state index contributed by atoms with van der Waals surface area (Å²) in [6.45, 7) is 4.98. The lowest BCUT2D eigenvalue weighted by Gasteiger charge is -2.37. The van der Waals surface area contributed by atoms with Gasteiger partial charge in [0.1, 0.15) is 6.04 Å². The van der Waals surface area contributed by atoms with E-state index in [1.165, 1.54) is 0 Å². The van der Waals surface area contributed by atoms with Crippen LogP contribution in [0.2, 0.25) is 0 Å². The molecule has 0 spiro atoms. The van der Waals surface area contributed by atoms with Gasteiger partial charge in [0.25, 0.3) is 5.91 Å². The highest BCUT2D eigenvalue weighted by Crippen LogP contribution is 2.22. The molecule has 0 bridgehead atoms. The van der Waals surface area contributed by atoms with Gasteiger partial charge in [-0.3, -0.25) is 9.59 Å². The number of amides is 2. The van der Waals surface area contributed by atoms with E-state index in [2.05, 4.69) is 10.3 Å². The van der Waals surface area contributed by atoms with Crippen LogP contribution >= 0.6 is 0 Å². The fourth-order valence-corrected chi connectivity index (χ4v) is 2.99. The fourth-order valence-electron chi connectivity index (χ4n) is 2.99. The summed E-state index contributed by atoms with van der Waals surface area (Å²) >= 11 is 0. The molecule has 1 saturated heterocycles. The van der Waals surface area contributed by atoms with Crippen molar-refractivity contribution in [1.29, 1.82) is 0 Å². The molecule has 5 nitrogen and oxygen atoms in total. The molecule has 21 heavy (non-hydrogen) atoms. The first-order valence-electron chi connectivity index (χ1n) is 7.24. The lowest BCUT2D eigenvalue weighted by Crippen LogP contribution is -2.59. The molecule has 0 aliphatic carbocycles. The Kier molecular flexibility index (Phi) is 3.41. The van der Waals surface area contributed by atoms with E-state index in [9.17, 15) is 9.59 Å². The number of nitrogens with one attached hydrogen (secondary N) is 2. The molecule has 110 valence electrons. The van der Waals surface area contributed by atoms with Gasteiger partial charge in [-0.2, -0.15) is 0 Å². The number of hydrogen-bond donors (Lipinski definition) is 2. The number of nitrogens with zero attached hydrogens (tertiary/aromatic N) is 1. The average Bonchev–Trinajstić information content (AvgIpc) is 2.94. The highest BCUT2D eigenvalue weighted by Gasteiger charge is 2.36. The van der Waals surface area contributed by atoms with Crippen molar-refractivity contribution in [3.05, 3.63) is 36.0 Å². The van der Waals surface area contributed by atoms with Gasteiger partial charge in [0, 0.05) is 24.7 Å². The Morgan fingerprint density at radius 2 is 2.14 bits per heavy atom. The van der Waals surface area contributed by atoms with Crippen LogP contribution in [0, 0.1) is 5.92 Å². The van der Waals surface area contributed by atoms with Crippen LogP contribution in [0.1, 0.15) is 24.2 Å². The van der Waals surface area contributed by atoms with Gasteiger partial charge >= 0.3 is 0 Å². The molecule has 0 radical (unpaired) electrons. The molecule has 1 aliphatic heterocycles. The van der Waals surface area contributed by atoms with Gasteiger partial charge in [0.05, 0.1) is 11.1 Å². The third-order valence-electron chi connectivity index (χ3n) is 3.97. The molecule has 1 aliphatic rings. The van der Waals surface area contributed by atoms with Gasteiger partial charge in [-0.05, 0) is 18.1 Å². The van der Waals surface area contributed by atoms with E-state index in [0.29, 0.717) is 18.7 Å². The topological polar surface area (TPSA) is 65.2 Å². The number of hydrogen-bond acceptors (Lipinski definition) is 2. The maximum absolute atomic E-state index is 12.9. The van der Waals surface area contributed by atoms with Crippen molar-refractivity contribution in [3.63, 3.8) is 0 Å². The minimum atomic E-state index is -0.406. The van der Waals surface area contributed by atoms with Crippen LogP contribution in [0.15, 0.2) is 30.5 Å².